The number of carbonyl (C=O) groups is 1. The SMILES string of the molecule is Cc1ccc(Cn2cnc(NC(=O)c3cc(C(F)(F)F)nn3C)n2)cc1. The highest BCUT2D eigenvalue weighted by atomic mass is 19.4. The number of amides is 1. The molecular formula is C16H15F3N6O. The summed E-state index contributed by atoms with van der Waals surface area (Å²) in [5.74, 6) is -0.777. The molecule has 3 rings (SSSR count). The molecule has 0 fully saturated rings. The number of alkyl halides is 3. The Morgan fingerprint density at radius 1 is 1.19 bits per heavy atom. The quantitative estimate of drug-likeness (QED) is 0.772. The molecule has 26 heavy (non-hydrogen) atoms. The second kappa shape index (κ2) is 6.62. The van der Waals surface area contributed by atoms with Crippen molar-refractivity contribution in [1.29, 1.82) is 0 Å². The fraction of sp³-hybridized carbons (Fsp3) is 0.250. The lowest BCUT2D eigenvalue weighted by Gasteiger charge is -2.02. The standard InChI is InChI=1S/C16H15F3N6O/c1-10-3-5-11(6-4-10)8-25-9-20-15(23-25)21-14(26)12-7-13(16(17,18)19)22-24(12)2/h3-7,9H,8H2,1-2H3,(H,21,23,26). The van der Waals surface area contributed by atoms with Gasteiger partial charge in [-0.2, -0.15) is 18.3 Å². The van der Waals surface area contributed by atoms with Crippen LogP contribution in [-0.2, 0) is 19.8 Å². The molecule has 136 valence electrons. The molecule has 0 saturated heterocycles. The van der Waals surface area contributed by atoms with E-state index in [9.17, 15) is 18.0 Å². The smallest absolute Gasteiger partial charge is 0.288 e. The van der Waals surface area contributed by atoms with Crippen LogP contribution in [0.2, 0.25) is 0 Å². The summed E-state index contributed by atoms with van der Waals surface area (Å²) in [6.07, 6.45) is -3.19. The molecule has 0 saturated carbocycles. The highest BCUT2D eigenvalue weighted by Gasteiger charge is 2.35. The van der Waals surface area contributed by atoms with E-state index in [1.54, 1.807) is 0 Å². The fourth-order valence-corrected chi connectivity index (χ4v) is 2.29. The summed E-state index contributed by atoms with van der Waals surface area (Å²) >= 11 is 0. The summed E-state index contributed by atoms with van der Waals surface area (Å²) in [5.41, 5.74) is 0.754. The molecule has 1 amide bonds. The fourth-order valence-electron chi connectivity index (χ4n) is 2.29. The minimum absolute atomic E-state index is 0.00290. The lowest BCUT2D eigenvalue weighted by molar-refractivity contribution is -0.141. The van der Waals surface area contributed by atoms with Crippen molar-refractivity contribution >= 4 is 11.9 Å². The molecule has 2 aromatic heterocycles. The van der Waals surface area contributed by atoms with Gasteiger partial charge < -0.3 is 0 Å². The maximum atomic E-state index is 12.7. The van der Waals surface area contributed by atoms with E-state index in [2.05, 4.69) is 20.5 Å². The third kappa shape index (κ3) is 3.90. The third-order valence-corrected chi connectivity index (χ3v) is 3.63. The van der Waals surface area contributed by atoms with Gasteiger partial charge in [0.2, 0.25) is 5.95 Å². The Kier molecular flexibility index (Phi) is 4.49. The van der Waals surface area contributed by atoms with Gasteiger partial charge in [-0.1, -0.05) is 29.8 Å². The average molecular weight is 364 g/mol. The Morgan fingerprint density at radius 2 is 1.88 bits per heavy atom. The minimum atomic E-state index is -4.62. The number of carbonyl (C=O) groups excluding carboxylic acids is 1. The van der Waals surface area contributed by atoms with E-state index in [-0.39, 0.29) is 11.6 Å². The summed E-state index contributed by atoms with van der Waals surface area (Å²) in [6.45, 7) is 2.43. The van der Waals surface area contributed by atoms with E-state index in [1.165, 1.54) is 18.1 Å². The number of nitrogens with zero attached hydrogens (tertiary/aromatic N) is 5. The van der Waals surface area contributed by atoms with Crippen molar-refractivity contribution in [3.05, 3.63) is 59.2 Å². The summed E-state index contributed by atoms with van der Waals surface area (Å²) in [4.78, 5) is 16.1. The summed E-state index contributed by atoms with van der Waals surface area (Å²) in [5, 5.41) is 9.77. The van der Waals surface area contributed by atoms with E-state index < -0.39 is 17.8 Å². The van der Waals surface area contributed by atoms with Gasteiger partial charge in [0.05, 0.1) is 6.54 Å². The molecule has 0 bridgehead atoms. The lowest BCUT2D eigenvalue weighted by Crippen LogP contribution is -2.17. The molecule has 1 aromatic carbocycles. The highest BCUT2D eigenvalue weighted by Crippen LogP contribution is 2.28. The van der Waals surface area contributed by atoms with Crippen LogP contribution in [0.25, 0.3) is 0 Å². The summed E-state index contributed by atoms with van der Waals surface area (Å²) < 4.78 is 40.4. The monoisotopic (exact) mass is 364 g/mol. The molecule has 2 heterocycles. The molecule has 0 atom stereocenters. The van der Waals surface area contributed by atoms with E-state index >= 15 is 0 Å². The average Bonchev–Trinajstić information content (AvgIpc) is 3.16. The number of nitrogens with one attached hydrogen (secondary N) is 1. The number of rotatable bonds is 4. The molecule has 0 unspecified atom stereocenters. The number of aryl methyl sites for hydroxylation is 2. The molecule has 0 radical (unpaired) electrons. The molecule has 7 nitrogen and oxygen atoms in total. The van der Waals surface area contributed by atoms with Crippen LogP contribution in [0.3, 0.4) is 0 Å². The zero-order chi connectivity index (χ0) is 18.9. The van der Waals surface area contributed by atoms with Crippen LogP contribution >= 0.6 is 0 Å². The Bertz CT molecular complexity index is 926. The van der Waals surface area contributed by atoms with E-state index in [1.807, 2.05) is 31.2 Å². The van der Waals surface area contributed by atoms with Crippen molar-refractivity contribution in [2.45, 2.75) is 19.6 Å². The highest BCUT2D eigenvalue weighted by molar-refractivity contribution is 6.02. The van der Waals surface area contributed by atoms with Crippen LogP contribution in [0, 0.1) is 6.92 Å². The van der Waals surface area contributed by atoms with Crippen LogP contribution in [0.5, 0.6) is 0 Å². The molecule has 0 aliphatic rings. The number of hydrogen-bond donors (Lipinski definition) is 1. The maximum Gasteiger partial charge on any atom is 0.435 e. The first kappa shape index (κ1) is 17.6. The first-order valence-corrected chi connectivity index (χ1v) is 7.60. The van der Waals surface area contributed by atoms with Crippen molar-refractivity contribution in [2.75, 3.05) is 5.32 Å². The van der Waals surface area contributed by atoms with Crippen molar-refractivity contribution in [3.8, 4) is 0 Å². The largest absolute Gasteiger partial charge is 0.435 e. The number of benzene rings is 1. The van der Waals surface area contributed by atoms with Crippen LogP contribution in [0.15, 0.2) is 36.7 Å². The van der Waals surface area contributed by atoms with Crippen molar-refractivity contribution in [2.24, 2.45) is 7.05 Å². The zero-order valence-corrected chi connectivity index (χ0v) is 13.9. The van der Waals surface area contributed by atoms with Crippen molar-refractivity contribution < 1.29 is 18.0 Å². The number of aromatic nitrogens is 5. The van der Waals surface area contributed by atoms with Gasteiger partial charge in [0.25, 0.3) is 5.91 Å². The molecule has 1 N–H and O–H groups in total. The minimum Gasteiger partial charge on any atom is -0.288 e. The van der Waals surface area contributed by atoms with Gasteiger partial charge in [0.15, 0.2) is 5.69 Å². The Balaban J connectivity index is 1.70. The van der Waals surface area contributed by atoms with Crippen LogP contribution in [-0.4, -0.2) is 30.5 Å². The third-order valence-electron chi connectivity index (χ3n) is 3.63. The van der Waals surface area contributed by atoms with Gasteiger partial charge in [0, 0.05) is 13.1 Å². The molecular weight excluding hydrogens is 349 g/mol. The second-order valence-corrected chi connectivity index (χ2v) is 5.74. The lowest BCUT2D eigenvalue weighted by atomic mass is 10.1. The molecule has 0 aliphatic carbocycles. The number of hydrogen-bond acceptors (Lipinski definition) is 4. The first-order valence-electron chi connectivity index (χ1n) is 7.60. The normalized spacial score (nSPS) is 11.6. The predicted octanol–water partition coefficient (Wildman–Crippen LogP) is 2.64. The summed E-state index contributed by atoms with van der Waals surface area (Å²) in [7, 11) is 1.26. The zero-order valence-electron chi connectivity index (χ0n) is 13.9. The number of halogens is 3. The predicted molar refractivity (Wildman–Crippen MR) is 86.5 cm³/mol. The molecule has 10 heteroatoms. The van der Waals surface area contributed by atoms with E-state index in [0.29, 0.717) is 12.6 Å². The Morgan fingerprint density at radius 3 is 2.50 bits per heavy atom. The van der Waals surface area contributed by atoms with Crippen molar-refractivity contribution in [1.82, 2.24) is 24.5 Å². The van der Waals surface area contributed by atoms with Gasteiger partial charge in [-0.3, -0.25) is 14.8 Å². The molecule has 3 aromatic rings. The molecule has 0 spiro atoms. The van der Waals surface area contributed by atoms with Gasteiger partial charge in [0.1, 0.15) is 12.0 Å². The summed E-state index contributed by atoms with van der Waals surface area (Å²) in [6, 6.07) is 8.51. The van der Waals surface area contributed by atoms with Gasteiger partial charge >= 0.3 is 6.18 Å². The van der Waals surface area contributed by atoms with E-state index in [4.69, 9.17) is 0 Å². The van der Waals surface area contributed by atoms with Crippen LogP contribution in [0.4, 0.5) is 19.1 Å². The van der Waals surface area contributed by atoms with Gasteiger partial charge in [-0.15, -0.1) is 5.10 Å². The first-order chi connectivity index (χ1) is 12.2. The van der Waals surface area contributed by atoms with Crippen LogP contribution in [0.1, 0.15) is 27.3 Å². The Labute approximate surface area is 146 Å². The van der Waals surface area contributed by atoms with Gasteiger partial charge in [-0.25, -0.2) is 9.67 Å². The second-order valence-electron chi connectivity index (χ2n) is 5.74. The molecule has 0 aliphatic heterocycles. The topological polar surface area (TPSA) is 77.6 Å². The van der Waals surface area contributed by atoms with Crippen LogP contribution < -0.4 is 5.32 Å². The number of anilines is 1. The van der Waals surface area contributed by atoms with Crippen molar-refractivity contribution in [3.63, 3.8) is 0 Å². The Hall–Kier alpha value is -3.17. The maximum absolute atomic E-state index is 12.7. The van der Waals surface area contributed by atoms with Gasteiger partial charge in [-0.05, 0) is 12.5 Å². The van der Waals surface area contributed by atoms with E-state index in [0.717, 1.165) is 15.8 Å².